The average Bonchev–Trinajstić information content (AvgIpc) is 2.19. The van der Waals surface area contributed by atoms with E-state index >= 15 is 0 Å². The number of anilines is 1. The summed E-state index contributed by atoms with van der Waals surface area (Å²) < 4.78 is 13.4. The van der Waals surface area contributed by atoms with Crippen LogP contribution in [-0.4, -0.2) is 43.3 Å². The molecule has 0 aliphatic heterocycles. The second-order valence-corrected chi connectivity index (χ2v) is 4.31. The van der Waals surface area contributed by atoms with E-state index in [1.165, 1.54) is 6.07 Å². The molecule has 0 heterocycles. The van der Waals surface area contributed by atoms with Gasteiger partial charge in [0.25, 0.3) is 0 Å². The van der Waals surface area contributed by atoms with Crippen LogP contribution in [0.3, 0.4) is 0 Å². The zero-order valence-corrected chi connectivity index (χ0v) is 10.1. The van der Waals surface area contributed by atoms with E-state index in [-0.39, 0.29) is 11.6 Å². The standard InChI is InChI=1S/C11H16ClFN2O/c1-15(2)7-8(16)6-14-10-5-3-4-9(12)11(10)13/h3-5,8,14,16H,6-7H2,1-2H3. The van der Waals surface area contributed by atoms with Crippen molar-refractivity contribution < 1.29 is 9.50 Å². The molecule has 0 aromatic heterocycles. The maximum Gasteiger partial charge on any atom is 0.164 e. The maximum atomic E-state index is 13.4. The van der Waals surface area contributed by atoms with Gasteiger partial charge < -0.3 is 15.3 Å². The van der Waals surface area contributed by atoms with Gasteiger partial charge in [0.15, 0.2) is 5.82 Å². The number of hydrogen-bond acceptors (Lipinski definition) is 3. The van der Waals surface area contributed by atoms with Gasteiger partial charge >= 0.3 is 0 Å². The van der Waals surface area contributed by atoms with Crippen LogP contribution in [0.5, 0.6) is 0 Å². The Morgan fingerprint density at radius 1 is 1.50 bits per heavy atom. The quantitative estimate of drug-likeness (QED) is 0.832. The van der Waals surface area contributed by atoms with E-state index in [1.807, 2.05) is 19.0 Å². The van der Waals surface area contributed by atoms with Gasteiger partial charge in [-0.05, 0) is 26.2 Å². The van der Waals surface area contributed by atoms with Crippen molar-refractivity contribution in [2.45, 2.75) is 6.10 Å². The van der Waals surface area contributed by atoms with Crippen LogP contribution in [0.4, 0.5) is 10.1 Å². The lowest BCUT2D eigenvalue weighted by atomic mass is 10.2. The van der Waals surface area contributed by atoms with Crippen LogP contribution < -0.4 is 5.32 Å². The number of aliphatic hydroxyl groups excluding tert-OH is 1. The van der Waals surface area contributed by atoms with Gasteiger partial charge in [-0.15, -0.1) is 0 Å². The van der Waals surface area contributed by atoms with Crippen LogP contribution in [-0.2, 0) is 0 Å². The number of benzene rings is 1. The molecule has 0 spiro atoms. The Morgan fingerprint density at radius 3 is 2.81 bits per heavy atom. The molecule has 0 fully saturated rings. The number of rotatable bonds is 5. The van der Waals surface area contributed by atoms with E-state index in [1.54, 1.807) is 12.1 Å². The molecule has 0 saturated heterocycles. The predicted octanol–water partition coefficient (Wildman–Crippen LogP) is 1.81. The molecule has 0 radical (unpaired) electrons. The first-order valence-corrected chi connectivity index (χ1v) is 5.39. The molecule has 5 heteroatoms. The van der Waals surface area contributed by atoms with Gasteiger partial charge in [0.05, 0.1) is 16.8 Å². The van der Waals surface area contributed by atoms with Crippen molar-refractivity contribution in [3.8, 4) is 0 Å². The van der Waals surface area contributed by atoms with Crippen LogP contribution in [0, 0.1) is 5.82 Å². The zero-order valence-electron chi connectivity index (χ0n) is 9.37. The van der Waals surface area contributed by atoms with Crippen molar-refractivity contribution in [1.82, 2.24) is 4.90 Å². The molecule has 1 aromatic rings. The third-order valence-corrected chi connectivity index (χ3v) is 2.35. The molecule has 0 saturated carbocycles. The topological polar surface area (TPSA) is 35.5 Å². The highest BCUT2D eigenvalue weighted by atomic mass is 35.5. The summed E-state index contributed by atoms with van der Waals surface area (Å²) in [6, 6.07) is 4.73. The Labute approximate surface area is 99.8 Å². The van der Waals surface area contributed by atoms with Crippen LogP contribution in [0.25, 0.3) is 0 Å². The second kappa shape index (κ2) is 6.03. The molecule has 1 aromatic carbocycles. The summed E-state index contributed by atoms with van der Waals surface area (Å²) in [5, 5.41) is 12.5. The number of likely N-dealkylation sites (N-methyl/N-ethyl adjacent to an activating group) is 1. The lowest BCUT2D eigenvalue weighted by Gasteiger charge is -2.17. The first kappa shape index (κ1) is 13.2. The molecular formula is C11H16ClFN2O. The average molecular weight is 247 g/mol. The lowest BCUT2D eigenvalue weighted by molar-refractivity contribution is 0.148. The fourth-order valence-electron chi connectivity index (χ4n) is 1.35. The minimum Gasteiger partial charge on any atom is -0.390 e. The van der Waals surface area contributed by atoms with Gasteiger partial charge in [-0.25, -0.2) is 4.39 Å². The van der Waals surface area contributed by atoms with E-state index < -0.39 is 11.9 Å². The molecule has 90 valence electrons. The smallest absolute Gasteiger partial charge is 0.164 e. The van der Waals surface area contributed by atoms with Crippen LogP contribution >= 0.6 is 11.6 Å². The van der Waals surface area contributed by atoms with Crippen molar-refractivity contribution in [2.24, 2.45) is 0 Å². The molecule has 0 bridgehead atoms. The summed E-state index contributed by atoms with van der Waals surface area (Å²) in [4.78, 5) is 1.86. The molecule has 1 rings (SSSR count). The Kier molecular flexibility index (Phi) is 4.99. The van der Waals surface area contributed by atoms with Gasteiger partial charge in [0, 0.05) is 13.1 Å². The van der Waals surface area contributed by atoms with Gasteiger partial charge in [-0.1, -0.05) is 17.7 Å². The van der Waals surface area contributed by atoms with Crippen LogP contribution in [0.1, 0.15) is 0 Å². The minimum absolute atomic E-state index is 0.0760. The molecule has 1 atom stereocenters. The molecule has 1 unspecified atom stereocenters. The van der Waals surface area contributed by atoms with Crippen LogP contribution in [0.2, 0.25) is 5.02 Å². The molecule has 0 aliphatic carbocycles. The SMILES string of the molecule is CN(C)CC(O)CNc1cccc(Cl)c1F. The third kappa shape index (κ3) is 3.96. The number of nitrogens with zero attached hydrogens (tertiary/aromatic N) is 1. The highest BCUT2D eigenvalue weighted by Gasteiger charge is 2.09. The van der Waals surface area contributed by atoms with E-state index in [4.69, 9.17) is 11.6 Å². The van der Waals surface area contributed by atoms with Gasteiger partial charge in [-0.3, -0.25) is 0 Å². The summed E-state index contributed by atoms with van der Waals surface area (Å²) in [5.74, 6) is -0.485. The summed E-state index contributed by atoms with van der Waals surface area (Å²) in [5.41, 5.74) is 0.310. The summed E-state index contributed by atoms with van der Waals surface area (Å²) in [6.45, 7) is 0.810. The molecule has 0 aliphatic rings. The van der Waals surface area contributed by atoms with Crippen molar-refractivity contribution in [2.75, 3.05) is 32.5 Å². The van der Waals surface area contributed by atoms with E-state index in [0.29, 0.717) is 12.2 Å². The monoisotopic (exact) mass is 246 g/mol. The highest BCUT2D eigenvalue weighted by molar-refractivity contribution is 6.31. The lowest BCUT2D eigenvalue weighted by Crippen LogP contribution is -2.31. The normalized spacial score (nSPS) is 12.9. The molecular weight excluding hydrogens is 231 g/mol. The Balaban J connectivity index is 2.51. The van der Waals surface area contributed by atoms with Crippen molar-refractivity contribution >= 4 is 17.3 Å². The molecule has 2 N–H and O–H groups in total. The fraction of sp³-hybridized carbons (Fsp3) is 0.455. The second-order valence-electron chi connectivity index (χ2n) is 3.90. The molecule has 3 nitrogen and oxygen atoms in total. The zero-order chi connectivity index (χ0) is 12.1. The number of hydrogen-bond donors (Lipinski definition) is 2. The van der Waals surface area contributed by atoms with Gasteiger partial charge in [-0.2, -0.15) is 0 Å². The van der Waals surface area contributed by atoms with Crippen molar-refractivity contribution in [1.29, 1.82) is 0 Å². The van der Waals surface area contributed by atoms with E-state index in [2.05, 4.69) is 5.32 Å². The van der Waals surface area contributed by atoms with Crippen molar-refractivity contribution in [3.63, 3.8) is 0 Å². The highest BCUT2D eigenvalue weighted by Crippen LogP contribution is 2.21. The summed E-state index contributed by atoms with van der Waals surface area (Å²) in [6.07, 6.45) is -0.548. The fourth-order valence-corrected chi connectivity index (χ4v) is 1.53. The minimum atomic E-state index is -0.548. The Bertz CT molecular complexity index is 347. The third-order valence-electron chi connectivity index (χ3n) is 2.06. The largest absolute Gasteiger partial charge is 0.390 e. The van der Waals surface area contributed by atoms with Gasteiger partial charge in [0.1, 0.15) is 0 Å². The Morgan fingerprint density at radius 2 is 2.19 bits per heavy atom. The van der Waals surface area contributed by atoms with Crippen molar-refractivity contribution in [3.05, 3.63) is 29.0 Å². The number of aliphatic hydroxyl groups is 1. The van der Waals surface area contributed by atoms with Gasteiger partial charge in [0.2, 0.25) is 0 Å². The number of halogens is 2. The Hall–Kier alpha value is -0.840. The predicted molar refractivity (Wildman–Crippen MR) is 64.5 cm³/mol. The first-order valence-electron chi connectivity index (χ1n) is 5.01. The van der Waals surface area contributed by atoms with Crippen LogP contribution in [0.15, 0.2) is 18.2 Å². The first-order chi connectivity index (χ1) is 7.50. The maximum absolute atomic E-state index is 13.4. The van der Waals surface area contributed by atoms with E-state index in [9.17, 15) is 9.50 Å². The molecule has 0 amide bonds. The summed E-state index contributed by atoms with van der Waals surface area (Å²) in [7, 11) is 3.73. The number of nitrogens with one attached hydrogen (secondary N) is 1. The van der Waals surface area contributed by atoms with E-state index in [0.717, 1.165) is 0 Å². The summed E-state index contributed by atoms with van der Waals surface area (Å²) >= 11 is 5.63. The molecule has 16 heavy (non-hydrogen) atoms.